The summed E-state index contributed by atoms with van der Waals surface area (Å²) in [5, 5.41) is 9.95. The van der Waals surface area contributed by atoms with E-state index in [4.69, 9.17) is 5.11 Å². The molecule has 3 rings (SSSR count). The van der Waals surface area contributed by atoms with E-state index in [1.165, 1.54) is 24.3 Å². The summed E-state index contributed by atoms with van der Waals surface area (Å²) in [6, 6.07) is 15.0. The summed E-state index contributed by atoms with van der Waals surface area (Å²) in [7, 11) is -3.67. The molecule has 0 saturated heterocycles. The summed E-state index contributed by atoms with van der Waals surface area (Å²) < 4.78 is 29.0. The molecule has 2 N–H and O–H groups in total. The molecule has 0 spiro atoms. The molecule has 0 fully saturated rings. The van der Waals surface area contributed by atoms with Crippen LogP contribution < -0.4 is 4.72 Å². The Balaban J connectivity index is 1.68. The second-order valence-electron chi connectivity index (χ2n) is 5.30. The Kier molecular flexibility index (Phi) is 4.37. The van der Waals surface area contributed by atoms with Gasteiger partial charge < -0.3 is 9.67 Å². The molecule has 6 nitrogen and oxygen atoms in total. The van der Waals surface area contributed by atoms with Gasteiger partial charge in [-0.25, -0.2) is 17.9 Å². The van der Waals surface area contributed by atoms with E-state index in [0.29, 0.717) is 6.54 Å². The molecule has 0 unspecified atom stereocenters. The Morgan fingerprint density at radius 1 is 1.04 bits per heavy atom. The average Bonchev–Trinajstić information content (AvgIpc) is 2.98. The van der Waals surface area contributed by atoms with Gasteiger partial charge in [0.05, 0.1) is 10.5 Å². The molecule has 1 heterocycles. The Labute approximate surface area is 139 Å². The lowest BCUT2D eigenvalue weighted by atomic mass is 10.2. The number of sulfonamides is 1. The number of hydrogen-bond donors (Lipinski definition) is 2. The number of para-hydroxylation sites is 1. The molecule has 2 aromatic carbocycles. The van der Waals surface area contributed by atoms with E-state index in [1.54, 1.807) is 0 Å². The quantitative estimate of drug-likeness (QED) is 0.718. The Morgan fingerprint density at radius 2 is 1.75 bits per heavy atom. The van der Waals surface area contributed by atoms with Crippen LogP contribution in [-0.2, 0) is 16.6 Å². The minimum absolute atomic E-state index is 0.0462. The zero-order chi connectivity index (χ0) is 17.2. The maximum absolute atomic E-state index is 12.2. The van der Waals surface area contributed by atoms with Gasteiger partial charge in [-0.05, 0) is 41.8 Å². The lowest BCUT2D eigenvalue weighted by molar-refractivity contribution is 0.0696. The van der Waals surface area contributed by atoms with Crippen molar-refractivity contribution in [3.63, 3.8) is 0 Å². The first kappa shape index (κ1) is 16.2. The first-order valence-corrected chi connectivity index (χ1v) is 8.82. The van der Waals surface area contributed by atoms with Crippen molar-refractivity contribution in [3.8, 4) is 0 Å². The SMILES string of the molecule is O=C(O)c1ccc(S(=O)(=O)NCCn2ccc3ccccc32)cc1. The topological polar surface area (TPSA) is 88.4 Å². The van der Waals surface area contributed by atoms with Gasteiger partial charge in [0.25, 0.3) is 0 Å². The van der Waals surface area contributed by atoms with E-state index in [0.717, 1.165) is 10.9 Å². The molecule has 24 heavy (non-hydrogen) atoms. The van der Waals surface area contributed by atoms with Gasteiger partial charge >= 0.3 is 5.97 Å². The Morgan fingerprint density at radius 3 is 2.46 bits per heavy atom. The number of aromatic nitrogens is 1. The summed E-state index contributed by atoms with van der Waals surface area (Å²) in [4.78, 5) is 10.9. The van der Waals surface area contributed by atoms with Crippen molar-refractivity contribution in [1.82, 2.24) is 9.29 Å². The van der Waals surface area contributed by atoms with E-state index in [-0.39, 0.29) is 17.0 Å². The number of carboxylic acids is 1. The first-order valence-electron chi connectivity index (χ1n) is 7.34. The Bertz CT molecular complexity index is 975. The van der Waals surface area contributed by atoms with Crippen molar-refractivity contribution >= 4 is 26.9 Å². The highest BCUT2D eigenvalue weighted by molar-refractivity contribution is 7.89. The molecule has 0 aliphatic carbocycles. The standard InChI is InChI=1S/C17H16N2O4S/c20-17(21)14-5-7-15(8-6-14)24(22,23)18-10-12-19-11-9-13-3-1-2-4-16(13)19/h1-9,11,18H,10,12H2,(H,20,21). The third kappa shape index (κ3) is 3.32. The van der Waals surface area contributed by atoms with Crippen LogP contribution in [0, 0.1) is 0 Å². The third-order valence-corrected chi connectivity index (χ3v) is 5.21. The highest BCUT2D eigenvalue weighted by Crippen LogP contribution is 2.15. The molecule has 0 aliphatic rings. The van der Waals surface area contributed by atoms with E-state index in [1.807, 2.05) is 41.1 Å². The van der Waals surface area contributed by atoms with Gasteiger partial charge in [0.1, 0.15) is 0 Å². The predicted molar refractivity (Wildman–Crippen MR) is 90.5 cm³/mol. The number of fused-ring (bicyclic) bond motifs is 1. The van der Waals surface area contributed by atoms with E-state index < -0.39 is 16.0 Å². The largest absolute Gasteiger partial charge is 0.478 e. The number of benzene rings is 2. The van der Waals surface area contributed by atoms with Crippen molar-refractivity contribution in [2.24, 2.45) is 0 Å². The van der Waals surface area contributed by atoms with Gasteiger partial charge in [-0.15, -0.1) is 0 Å². The van der Waals surface area contributed by atoms with Crippen LogP contribution in [0.3, 0.4) is 0 Å². The van der Waals surface area contributed by atoms with Crippen LogP contribution in [0.4, 0.5) is 0 Å². The van der Waals surface area contributed by atoms with Crippen LogP contribution in [-0.4, -0.2) is 30.6 Å². The molecular formula is C17H16N2O4S. The van der Waals surface area contributed by atoms with Gasteiger partial charge in [-0.2, -0.15) is 0 Å². The number of nitrogens with zero attached hydrogens (tertiary/aromatic N) is 1. The fourth-order valence-corrected chi connectivity index (χ4v) is 3.52. The van der Waals surface area contributed by atoms with E-state index in [2.05, 4.69) is 4.72 Å². The predicted octanol–water partition coefficient (Wildman–Crippen LogP) is 2.32. The molecule has 0 atom stereocenters. The van der Waals surface area contributed by atoms with E-state index >= 15 is 0 Å². The molecule has 0 saturated carbocycles. The maximum atomic E-state index is 12.2. The van der Waals surface area contributed by atoms with Gasteiger partial charge in [0.15, 0.2) is 0 Å². The summed E-state index contributed by atoms with van der Waals surface area (Å²) >= 11 is 0. The summed E-state index contributed by atoms with van der Waals surface area (Å²) in [6.45, 7) is 0.738. The van der Waals surface area contributed by atoms with Gasteiger partial charge in [0, 0.05) is 24.8 Å². The zero-order valence-electron chi connectivity index (χ0n) is 12.7. The smallest absolute Gasteiger partial charge is 0.335 e. The number of aromatic carboxylic acids is 1. The second kappa shape index (κ2) is 6.46. The van der Waals surface area contributed by atoms with Crippen molar-refractivity contribution in [2.75, 3.05) is 6.54 Å². The van der Waals surface area contributed by atoms with Gasteiger partial charge in [-0.1, -0.05) is 18.2 Å². The molecule has 0 bridgehead atoms. The molecule has 3 aromatic rings. The average molecular weight is 344 g/mol. The van der Waals surface area contributed by atoms with Crippen molar-refractivity contribution in [2.45, 2.75) is 11.4 Å². The van der Waals surface area contributed by atoms with E-state index in [9.17, 15) is 13.2 Å². The van der Waals surface area contributed by atoms with Crippen molar-refractivity contribution < 1.29 is 18.3 Å². The van der Waals surface area contributed by atoms with Crippen LogP contribution in [0.2, 0.25) is 0 Å². The first-order chi connectivity index (χ1) is 11.5. The molecule has 0 amide bonds. The number of carboxylic acid groups (broad SMARTS) is 1. The van der Waals surface area contributed by atoms with Gasteiger partial charge in [0.2, 0.25) is 10.0 Å². The normalized spacial score (nSPS) is 11.7. The second-order valence-corrected chi connectivity index (χ2v) is 7.06. The minimum Gasteiger partial charge on any atom is -0.478 e. The van der Waals surface area contributed by atoms with Crippen molar-refractivity contribution in [3.05, 3.63) is 66.4 Å². The molecule has 124 valence electrons. The van der Waals surface area contributed by atoms with Crippen LogP contribution in [0.1, 0.15) is 10.4 Å². The van der Waals surface area contributed by atoms with Crippen LogP contribution in [0.5, 0.6) is 0 Å². The van der Waals surface area contributed by atoms with Crippen LogP contribution in [0.25, 0.3) is 10.9 Å². The van der Waals surface area contributed by atoms with Crippen LogP contribution >= 0.6 is 0 Å². The number of hydrogen-bond acceptors (Lipinski definition) is 3. The summed E-state index contributed by atoms with van der Waals surface area (Å²) in [5.41, 5.74) is 1.09. The lowest BCUT2D eigenvalue weighted by Crippen LogP contribution is -2.27. The fourth-order valence-electron chi connectivity index (χ4n) is 2.50. The highest BCUT2D eigenvalue weighted by Gasteiger charge is 2.14. The maximum Gasteiger partial charge on any atom is 0.335 e. The lowest BCUT2D eigenvalue weighted by Gasteiger charge is -2.09. The van der Waals surface area contributed by atoms with Crippen molar-refractivity contribution in [1.29, 1.82) is 0 Å². The molecular weight excluding hydrogens is 328 g/mol. The highest BCUT2D eigenvalue weighted by atomic mass is 32.2. The fraction of sp³-hybridized carbons (Fsp3) is 0.118. The molecule has 1 aromatic heterocycles. The zero-order valence-corrected chi connectivity index (χ0v) is 13.5. The summed E-state index contributed by atoms with van der Waals surface area (Å²) in [6.07, 6.45) is 1.92. The number of rotatable bonds is 6. The molecule has 0 radical (unpaired) electrons. The third-order valence-electron chi connectivity index (χ3n) is 3.74. The number of nitrogens with one attached hydrogen (secondary N) is 1. The van der Waals surface area contributed by atoms with Crippen LogP contribution in [0.15, 0.2) is 65.7 Å². The monoisotopic (exact) mass is 344 g/mol. The molecule has 7 heteroatoms. The molecule has 0 aliphatic heterocycles. The Hall–Kier alpha value is -2.64. The minimum atomic E-state index is -3.67. The number of carbonyl (C=O) groups is 1. The van der Waals surface area contributed by atoms with Gasteiger partial charge in [-0.3, -0.25) is 0 Å². The summed E-state index contributed by atoms with van der Waals surface area (Å²) in [5.74, 6) is -1.09.